The summed E-state index contributed by atoms with van der Waals surface area (Å²) in [5, 5.41) is 0.00738. The van der Waals surface area contributed by atoms with Gasteiger partial charge in [0.05, 0.1) is 47.1 Å². The molecule has 37 heavy (non-hydrogen) atoms. The SMILES string of the molecule is COc1cc(OC)c(C(=O)P(=O)(C(=O)c2c(OC)c(Br)cc(OC)c2OC)c2ccccc2)c(OC)c1. The molecule has 0 aliphatic carbocycles. The maximum atomic E-state index is 14.9. The molecule has 196 valence electrons. The predicted octanol–water partition coefficient (Wildman–Crippen LogP) is 5.17. The first kappa shape index (κ1) is 28.1. The number of hydrogen-bond acceptors (Lipinski definition) is 9. The minimum atomic E-state index is -4.65. The molecular weight excluding hydrogens is 567 g/mol. The van der Waals surface area contributed by atoms with Gasteiger partial charge >= 0.3 is 0 Å². The number of carbonyl (C=O) groups is 2. The van der Waals surface area contributed by atoms with Crippen molar-refractivity contribution >= 4 is 39.4 Å². The zero-order valence-electron chi connectivity index (χ0n) is 21.1. The number of rotatable bonds is 11. The molecule has 0 aliphatic rings. The Balaban J connectivity index is 2.43. The van der Waals surface area contributed by atoms with Crippen LogP contribution in [0.4, 0.5) is 0 Å². The van der Waals surface area contributed by atoms with Crippen molar-refractivity contribution in [2.75, 3.05) is 42.7 Å². The van der Waals surface area contributed by atoms with Gasteiger partial charge in [-0.3, -0.25) is 9.59 Å². The molecule has 11 heteroatoms. The summed E-state index contributed by atoms with van der Waals surface area (Å²) in [6.45, 7) is 0. The third-order valence-electron chi connectivity index (χ3n) is 5.62. The zero-order chi connectivity index (χ0) is 27.3. The summed E-state index contributed by atoms with van der Waals surface area (Å²) in [6.07, 6.45) is 0. The van der Waals surface area contributed by atoms with Crippen molar-refractivity contribution in [3.8, 4) is 34.5 Å². The van der Waals surface area contributed by atoms with Gasteiger partial charge in [0.15, 0.2) is 11.5 Å². The molecule has 0 aromatic heterocycles. The third kappa shape index (κ3) is 4.91. The van der Waals surface area contributed by atoms with Gasteiger partial charge < -0.3 is 33.0 Å². The van der Waals surface area contributed by atoms with Crippen LogP contribution in [0.2, 0.25) is 0 Å². The topological polar surface area (TPSA) is 107 Å². The Morgan fingerprint density at radius 2 is 1.16 bits per heavy atom. The van der Waals surface area contributed by atoms with E-state index < -0.39 is 18.2 Å². The van der Waals surface area contributed by atoms with E-state index in [1.165, 1.54) is 66.9 Å². The van der Waals surface area contributed by atoms with Crippen LogP contribution < -0.4 is 33.7 Å². The Bertz CT molecular complexity index is 1350. The molecule has 9 nitrogen and oxygen atoms in total. The highest BCUT2D eigenvalue weighted by Gasteiger charge is 2.48. The molecule has 0 amide bonds. The Labute approximate surface area is 223 Å². The molecule has 3 rings (SSSR count). The van der Waals surface area contributed by atoms with Crippen LogP contribution in [0, 0.1) is 0 Å². The zero-order valence-corrected chi connectivity index (χ0v) is 23.6. The number of benzene rings is 3. The first-order valence-electron chi connectivity index (χ1n) is 10.8. The lowest BCUT2D eigenvalue weighted by Crippen LogP contribution is -2.22. The highest BCUT2D eigenvalue weighted by molar-refractivity contribution is 9.10. The van der Waals surface area contributed by atoms with Crippen LogP contribution in [0.5, 0.6) is 34.5 Å². The molecule has 0 heterocycles. The summed E-state index contributed by atoms with van der Waals surface area (Å²) in [5.74, 6) is 0.550. The van der Waals surface area contributed by atoms with Gasteiger partial charge in [-0.05, 0) is 15.9 Å². The summed E-state index contributed by atoms with van der Waals surface area (Å²) < 4.78 is 47.7. The molecule has 0 spiro atoms. The molecule has 0 N–H and O–H groups in total. The van der Waals surface area contributed by atoms with Crippen molar-refractivity contribution in [1.82, 2.24) is 0 Å². The van der Waals surface area contributed by atoms with Crippen LogP contribution in [0.1, 0.15) is 20.7 Å². The number of halogens is 1. The van der Waals surface area contributed by atoms with Crippen LogP contribution in [-0.2, 0) is 4.57 Å². The van der Waals surface area contributed by atoms with Gasteiger partial charge in [-0.15, -0.1) is 0 Å². The van der Waals surface area contributed by atoms with Crippen LogP contribution in [0.15, 0.2) is 53.0 Å². The highest BCUT2D eigenvalue weighted by atomic mass is 79.9. The van der Waals surface area contributed by atoms with E-state index in [0.29, 0.717) is 10.2 Å². The van der Waals surface area contributed by atoms with Crippen molar-refractivity contribution in [1.29, 1.82) is 0 Å². The fourth-order valence-corrected chi connectivity index (χ4v) is 6.70. The fraction of sp³-hybridized carbons (Fsp3) is 0.231. The van der Waals surface area contributed by atoms with Gasteiger partial charge in [-0.2, -0.15) is 0 Å². The number of ether oxygens (including phenoxy) is 6. The van der Waals surface area contributed by atoms with Gasteiger partial charge in [0.25, 0.3) is 0 Å². The van der Waals surface area contributed by atoms with Gasteiger partial charge in [0.2, 0.25) is 18.2 Å². The lowest BCUT2D eigenvalue weighted by molar-refractivity contribution is 0.103. The molecule has 1 atom stereocenters. The number of methoxy groups -OCH3 is 6. The summed E-state index contributed by atoms with van der Waals surface area (Å²) in [4.78, 5) is 28.6. The molecular formula is C26H26BrO9P. The van der Waals surface area contributed by atoms with Gasteiger partial charge in [-0.1, -0.05) is 30.3 Å². The molecule has 0 bridgehead atoms. The average Bonchev–Trinajstić information content (AvgIpc) is 2.94. The number of hydrogen-bond donors (Lipinski definition) is 0. The minimum Gasteiger partial charge on any atom is -0.496 e. The monoisotopic (exact) mass is 592 g/mol. The molecule has 0 saturated heterocycles. The van der Waals surface area contributed by atoms with Crippen LogP contribution in [0.25, 0.3) is 0 Å². The molecule has 0 aliphatic heterocycles. The van der Waals surface area contributed by atoms with E-state index in [9.17, 15) is 14.2 Å². The van der Waals surface area contributed by atoms with Crippen molar-refractivity contribution in [3.63, 3.8) is 0 Å². The van der Waals surface area contributed by atoms with E-state index in [0.717, 1.165) is 0 Å². The summed E-state index contributed by atoms with van der Waals surface area (Å²) in [5.41, 5.74) is -2.41. The average molecular weight is 593 g/mol. The minimum absolute atomic E-state index is 0.00738. The Morgan fingerprint density at radius 3 is 1.62 bits per heavy atom. The molecule has 1 unspecified atom stereocenters. The second-order valence-corrected chi connectivity index (χ2v) is 10.9. The molecule has 0 fully saturated rings. The summed E-state index contributed by atoms with van der Waals surface area (Å²) in [7, 11) is 3.52. The van der Waals surface area contributed by atoms with E-state index in [4.69, 9.17) is 28.4 Å². The van der Waals surface area contributed by atoms with E-state index >= 15 is 0 Å². The fourth-order valence-electron chi connectivity index (χ4n) is 3.84. The van der Waals surface area contributed by atoms with Gasteiger partial charge in [-0.25, -0.2) is 0 Å². The third-order valence-corrected chi connectivity index (χ3v) is 8.82. The van der Waals surface area contributed by atoms with Crippen molar-refractivity contribution < 1.29 is 42.6 Å². The first-order valence-corrected chi connectivity index (χ1v) is 13.3. The van der Waals surface area contributed by atoms with E-state index in [-0.39, 0.29) is 45.2 Å². The molecule has 3 aromatic carbocycles. The van der Waals surface area contributed by atoms with E-state index in [2.05, 4.69) is 15.9 Å². The molecule has 3 aromatic rings. The lowest BCUT2D eigenvalue weighted by atomic mass is 10.1. The Morgan fingerprint density at radius 1 is 0.649 bits per heavy atom. The van der Waals surface area contributed by atoms with Crippen molar-refractivity contribution in [3.05, 3.63) is 64.1 Å². The van der Waals surface area contributed by atoms with E-state index in [1.807, 2.05) is 0 Å². The van der Waals surface area contributed by atoms with Gasteiger partial charge in [0, 0.05) is 23.5 Å². The standard InChI is InChI=1S/C26H26BrO9P/c1-31-15-12-18(32-2)21(19(13-15)33-3)25(28)37(30,16-10-8-7-9-11-16)26(29)22-23(35-5)17(27)14-20(34-4)24(22)36-6/h7-14H,1-6H3. The largest absolute Gasteiger partial charge is 0.496 e. The molecule has 0 radical (unpaired) electrons. The second-order valence-electron chi connectivity index (χ2n) is 7.46. The highest BCUT2D eigenvalue weighted by Crippen LogP contribution is 2.58. The molecule has 0 saturated carbocycles. The van der Waals surface area contributed by atoms with Crippen LogP contribution in [0.3, 0.4) is 0 Å². The smallest absolute Gasteiger partial charge is 0.249 e. The van der Waals surface area contributed by atoms with E-state index in [1.54, 1.807) is 24.3 Å². The maximum absolute atomic E-state index is 14.9. The quantitative estimate of drug-likeness (QED) is 0.279. The Kier molecular flexibility index (Phi) is 8.89. The summed E-state index contributed by atoms with van der Waals surface area (Å²) >= 11 is 3.36. The maximum Gasteiger partial charge on any atom is 0.249 e. The van der Waals surface area contributed by atoms with Crippen LogP contribution >= 0.6 is 23.1 Å². The van der Waals surface area contributed by atoms with Crippen molar-refractivity contribution in [2.45, 2.75) is 0 Å². The normalized spacial score (nSPS) is 12.2. The predicted molar refractivity (Wildman–Crippen MR) is 142 cm³/mol. The Hall–Kier alpha value is -3.49. The lowest BCUT2D eigenvalue weighted by Gasteiger charge is -2.23. The number of carbonyl (C=O) groups excluding carboxylic acids is 2. The van der Waals surface area contributed by atoms with Crippen molar-refractivity contribution in [2.24, 2.45) is 0 Å². The van der Waals surface area contributed by atoms with Gasteiger partial charge in [0.1, 0.15) is 34.1 Å². The first-order chi connectivity index (χ1) is 17.7. The summed E-state index contributed by atoms with van der Waals surface area (Å²) in [6, 6.07) is 12.2. The second kappa shape index (κ2) is 11.7. The van der Waals surface area contributed by atoms with Crippen LogP contribution in [-0.4, -0.2) is 53.7 Å².